The molecule has 0 saturated carbocycles. The molecule has 4 nitrogen and oxygen atoms in total. The predicted octanol–water partition coefficient (Wildman–Crippen LogP) is 3.12. The summed E-state index contributed by atoms with van der Waals surface area (Å²) in [5.74, 6) is -0.858. The van der Waals surface area contributed by atoms with Gasteiger partial charge in [0.2, 0.25) is 0 Å². The number of rotatable bonds is 6. The molecule has 114 valence electrons. The van der Waals surface area contributed by atoms with Gasteiger partial charge >= 0.3 is 5.97 Å². The van der Waals surface area contributed by atoms with Gasteiger partial charge in [-0.2, -0.15) is 0 Å². The topological polar surface area (TPSA) is 55.4 Å². The van der Waals surface area contributed by atoms with Gasteiger partial charge in [0.15, 0.2) is 6.10 Å². The van der Waals surface area contributed by atoms with Gasteiger partial charge in [-0.1, -0.05) is 30.7 Å². The second-order valence-corrected chi connectivity index (χ2v) is 5.12. The quantitative estimate of drug-likeness (QED) is 0.649. The summed E-state index contributed by atoms with van der Waals surface area (Å²) in [6, 6.07) is 5.48. The molecule has 0 fully saturated rings. The average Bonchev–Trinajstić information content (AvgIpc) is 2.45. The second kappa shape index (κ2) is 8.47. The molecule has 1 aromatic carbocycles. The molecule has 21 heavy (non-hydrogen) atoms. The van der Waals surface area contributed by atoms with E-state index in [0.29, 0.717) is 11.6 Å². The fraction of sp³-hybridized carbons (Fsp3) is 0.375. The maximum absolute atomic E-state index is 11.6. The largest absolute Gasteiger partial charge is 0.449 e. The van der Waals surface area contributed by atoms with Crippen LogP contribution in [0.2, 0.25) is 5.02 Å². The molecule has 1 atom stereocenters. The van der Waals surface area contributed by atoms with E-state index in [-0.39, 0.29) is 5.91 Å². The monoisotopic (exact) mass is 309 g/mol. The minimum atomic E-state index is -0.810. The lowest BCUT2D eigenvalue weighted by Gasteiger charge is -2.11. The van der Waals surface area contributed by atoms with E-state index in [1.165, 1.54) is 6.08 Å². The lowest BCUT2D eigenvalue weighted by atomic mass is 10.1. The van der Waals surface area contributed by atoms with Crippen LogP contribution in [0.5, 0.6) is 0 Å². The molecule has 1 rings (SSSR count). The Morgan fingerprint density at radius 3 is 2.76 bits per heavy atom. The minimum Gasteiger partial charge on any atom is -0.449 e. The molecule has 1 aromatic rings. The van der Waals surface area contributed by atoms with Crippen molar-refractivity contribution >= 4 is 29.6 Å². The van der Waals surface area contributed by atoms with Gasteiger partial charge in [-0.15, -0.1) is 0 Å². The highest BCUT2D eigenvalue weighted by molar-refractivity contribution is 6.31. The number of ether oxygens (including phenoxy) is 1. The smallest absolute Gasteiger partial charge is 0.331 e. The first-order valence-electron chi connectivity index (χ1n) is 6.86. The van der Waals surface area contributed by atoms with Gasteiger partial charge in [0.25, 0.3) is 5.91 Å². The van der Waals surface area contributed by atoms with Crippen LogP contribution in [0.25, 0.3) is 6.08 Å². The van der Waals surface area contributed by atoms with E-state index in [2.05, 4.69) is 5.32 Å². The van der Waals surface area contributed by atoms with Crippen molar-refractivity contribution in [3.05, 3.63) is 40.4 Å². The Kier molecular flexibility index (Phi) is 6.96. The van der Waals surface area contributed by atoms with Crippen LogP contribution in [0, 0.1) is 6.92 Å². The van der Waals surface area contributed by atoms with Gasteiger partial charge in [-0.05, 0) is 43.5 Å². The van der Waals surface area contributed by atoms with Crippen LogP contribution in [0.4, 0.5) is 0 Å². The first-order chi connectivity index (χ1) is 9.93. The van der Waals surface area contributed by atoms with E-state index in [0.717, 1.165) is 17.5 Å². The van der Waals surface area contributed by atoms with E-state index in [9.17, 15) is 9.59 Å². The van der Waals surface area contributed by atoms with E-state index in [1.807, 2.05) is 26.0 Å². The molecule has 0 aromatic heterocycles. The molecule has 0 aliphatic heterocycles. The summed E-state index contributed by atoms with van der Waals surface area (Å²) in [5, 5.41) is 3.30. The summed E-state index contributed by atoms with van der Waals surface area (Å²) in [7, 11) is 0. The van der Waals surface area contributed by atoms with Crippen molar-refractivity contribution in [1.29, 1.82) is 0 Å². The van der Waals surface area contributed by atoms with Gasteiger partial charge in [0.1, 0.15) is 0 Å². The highest BCUT2D eigenvalue weighted by Gasteiger charge is 2.15. The van der Waals surface area contributed by atoms with Gasteiger partial charge < -0.3 is 10.1 Å². The number of hydrogen-bond donors (Lipinski definition) is 1. The number of benzene rings is 1. The Bertz CT molecular complexity index is 540. The Balaban J connectivity index is 2.54. The summed E-state index contributed by atoms with van der Waals surface area (Å²) in [5.41, 5.74) is 1.77. The molecular weight excluding hydrogens is 290 g/mol. The number of carbonyl (C=O) groups excluding carboxylic acids is 2. The predicted molar refractivity (Wildman–Crippen MR) is 84.1 cm³/mol. The Hall–Kier alpha value is -1.81. The summed E-state index contributed by atoms with van der Waals surface area (Å²) in [6.45, 7) is 5.96. The first kappa shape index (κ1) is 17.2. The number of nitrogens with one attached hydrogen (secondary N) is 1. The van der Waals surface area contributed by atoms with Gasteiger partial charge in [-0.3, -0.25) is 4.79 Å². The Morgan fingerprint density at radius 1 is 1.43 bits per heavy atom. The molecule has 0 aliphatic carbocycles. The second-order valence-electron chi connectivity index (χ2n) is 4.71. The number of esters is 1. The van der Waals surface area contributed by atoms with E-state index < -0.39 is 12.1 Å². The summed E-state index contributed by atoms with van der Waals surface area (Å²) < 4.78 is 5.01. The Labute approximate surface area is 130 Å². The van der Waals surface area contributed by atoms with Crippen molar-refractivity contribution in [2.24, 2.45) is 0 Å². The zero-order chi connectivity index (χ0) is 15.8. The van der Waals surface area contributed by atoms with E-state index in [4.69, 9.17) is 16.3 Å². The average molecular weight is 310 g/mol. The van der Waals surface area contributed by atoms with Crippen molar-refractivity contribution in [3.8, 4) is 0 Å². The highest BCUT2D eigenvalue weighted by Crippen LogP contribution is 2.17. The highest BCUT2D eigenvalue weighted by atomic mass is 35.5. The number of halogens is 1. The zero-order valence-electron chi connectivity index (χ0n) is 12.5. The molecule has 0 bridgehead atoms. The normalized spacial score (nSPS) is 12.2. The third kappa shape index (κ3) is 6.00. The molecular formula is C16H20ClNO3. The van der Waals surface area contributed by atoms with Crippen molar-refractivity contribution in [2.45, 2.75) is 33.3 Å². The summed E-state index contributed by atoms with van der Waals surface area (Å²) >= 11 is 6.00. The van der Waals surface area contributed by atoms with Crippen LogP contribution in [-0.4, -0.2) is 24.5 Å². The molecule has 5 heteroatoms. The first-order valence-corrected chi connectivity index (χ1v) is 7.24. The van der Waals surface area contributed by atoms with Crippen LogP contribution in [0.15, 0.2) is 24.3 Å². The van der Waals surface area contributed by atoms with Gasteiger partial charge in [-0.25, -0.2) is 4.79 Å². The fourth-order valence-corrected chi connectivity index (χ4v) is 1.72. The molecule has 0 aliphatic rings. The number of carbonyl (C=O) groups is 2. The lowest BCUT2D eigenvalue weighted by molar-refractivity contribution is -0.150. The van der Waals surface area contributed by atoms with Gasteiger partial charge in [0.05, 0.1) is 0 Å². The zero-order valence-corrected chi connectivity index (χ0v) is 13.2. The van der Waals surface area contributed by atoms with Crippen molar-refractivity contribution < 1.29 is 14.3 Å². The van der Waals surface area contributed by atoms with E-state index >= 15 is 0 Å². The van der Waals surface area contributed by atoms with E-state index in [1.54, 1.807) is 19.1 Å². The van der Waals surface area contributed by atoms with Crippen LogP contribution in [0.1, 0.15) is 31.4 Å². The van der Waals surface area contributed by atoms with Gasteiger partial charge in [0, 0.05) is 17.6 Å². The Morgan fingerprint density at radius 2 is 2.14 bits per heavy atom. The number of hydrogen-bond acceptors (Lipinski definition) is 3. The maximum atomic E-state index is 11.6. The molecule has 1 N–H and O–H groups in total. The molecule has 0 unspecified atom stereocenters. The number of amides is 1. The molecule has 0 radical (unpaired) electrons. The van der Waals surface area contributed by atoms with Crippen molar-refractivity contribution in [1.82, 2.24) is 5.32 Å². The number of aryl methyl sites for hydroxylation is 1. The summed E-state index contributed by atoms with van der Waals surface area (Å²) in [4.78, 5) is 23.2. The minimum absolute atomic E-state index is 0.294. The molecule has 0 saturated heterocycles. The summed E-state index contributed by atoms with van der Waals surface area (Å²) in [6.07, 6.45) is 2.91. The molecule has 0 spiro atoms. The fourth-order valence-electron chi connectivity index (χ4n) is 1.54. The molecule has 0 heterocycles. The van der Waals surface area contributed by atoms with Crippen LogP contribution >= 0.6 is 11.6 Å². The van der Waals surface area contributed by atoms with Crippen LogP contribution < -0.4 is 5.32 Å². The SMILES string of the molecule is CCCNC(=O)[C@@H](C)OC(=O)/C=C/c1ccc(C)c(Cl)c1. The van der Waals surface area contributed by atoms with Crippen LogP contribution in [0.3, 0.4) is 0 Å². The van der Waals surface area contributed by atoms with Crippen molar-refractivity contribution in [3.63, 3.8) is 0 Å². The maximum Gasteiger partial charge on any atom is 0.331 e. The lowest BCUT2D eigenvalue weighted by Crippen LogP contribution is -2.35. The molecule has 1 amide bonds. The van der Waals surface area contributed by atoms with Crippen LogP contribution in [-0.2, 0) is 14.3 Å². The standard InChI is InChI=1S/C16H20ClNO3/c1-4-9-18-16(20)12(3)21-15(19)8-7-13-6-5-11(2)14(17)10-13/h5-8,10,12H,4,9H2,1-3H3,(H,18,20)/b8-7+/t12-/m1/s1. The third-order valence-electron chi connectivity index (χ3n) is 2.82. The third-order valence-corrected chi connectivity index (χ3v) is 3.23. The van der Waals surface area contributed by atoms with Crippen molar-refractivity contribution in [2.75, 3.05) is 6.54 Å².